The van der Waals surface area contributed by atoms with E-state index in [2.05, 4.69) is 13.2 Å². The fourth-order valence-electron chi connectivity index (χ4n) is 4.56. The van der Waals surface area contributed by atoms with Crippen LogP contribution in [0.25, 0.3) is 0 Å². The van der Waals surface area contributed by atoms with Crippen molar-refractivity contribution < 1.29 is 82.0 Å². The van der Waals surface area contributed by atoms with Crippen LogP contribution in [0.15, 0.2) is 67.8 Å². The minimum absolute atomic E-state index is 0.113. The van der Waals surface area contributed by atoms with Gasteiger partial charge in [0, 0.05) is 30.9 Å². The van der Waals surface area contributed by atoms with Crippen LogP contribution in [0.4, 0.5) is 0 Å². The first-order chi connectivity index (χ1) is 27.7. The van der Waals surface area contributed by atoms with E-state index in [1.54, 1.807) is 0 Å². The van der Waals surface area contributed by atoms with Gasteiger partial charge in [0.1, 0.15) is 50.0 Å². The molecule has 0 spiro atoms. The Morgan fingerprint density at radius 2 is 1.07 bits per heavy atom. The van der Waals surface area contributed by atoms with Crippen molar-refractivity contribution in [3.05, 3.63) is 90.0 Å². The fraction of sp³-hybridized carbons (Fsp3) is 0.463. The molecule has 17 nitrogen and oxygen atoms in total. The SMILES string of the molecule is C=CC(=O)OCCCCOCC(O)COC(=O)c1ccc(C(=O)OCCOc2ccc(C(=O)C(C)(C)O)cc2)c(C(=O)OCC(O)COCCCCOC(=O)C=C)c1. The number of carbonyl (C=O) groups is 6. The molecule has 318 valence electrons. The Balaban J connectivity index is 1.99. The van der Waals surface area contributed by atoms with E-state index >= 15 is 0 Å². The van der Waals surface area contributed by atoms with Crippen LogP contribution in [-0.4, -0.2) is 135 Å². The van der Waals surface area contributed by atoms with E-state index in [4.69, 9.17) is 37.9 Å². The van der Waals surface area contributed by atoms with Gasteiger partial charge in [-0.1, -0.05) is 13.2 Å². The Morgan fingerprint density at radius 1 is 0.586 bits per heavy atom. The number of hydrogen-bond acceptors (Lipinski definition) is 17. The normalized spacial score (nSPS) is 12.0. The molecule has 2 unspecified atom stereocenters. The summed E-state index contributed by atoms with van der Waals surface area (Å²) in [5.74, 6) is -4.16. The van der Waals surface area contributed by atoms with E-state index in [1.807, 2.05) is 0 Å². The molecule has 2 aromatic rings. The highest BCUT2D eigenvalue weighted by Crippen LogP contribution is 2.19. The molecule has 0 radical (unpaired) electrons. The summed E-state index contributed by atoms with van der Waals surface area (Å²) >= 11 is 0. The second kappa shape index (κ2) is 26.5. The van der Waals surface area contributed by atoms with Crippen LogP contribution in [0.1, 0.15) is 81.0 Å². The fourth-order valence-corrected chi connectivity index (χ4v) is 4.56. The number of ketones is 1. The van der Waals surface area contributed by atoms with Gasteiger partial charge in [0.05, 0.1) is 43.1 Å². The summed E-state index contributed by atoms with van der Waals surface area (Å²) in [7, 11) is 0. The Kier molecular flexibility index (Phi) is 22.2. The molecule has 0 bridgehead atoms. The summed E-state index contributed by atoms with van der Waals surface area (Å²) in [6, 6.07) is 9.41. The molecule has 2 aromatic carbocycles. The van der Waals surface area contributed by atoms with E-state index in [-0.39, 0.29) is 75.1 Å². The van der Waals surface area contributed by atoms with Crippen LogP contribution < -0.4 is 4.74 Å². The van der Waals surface area contributed by atoms with E-state index in [0.717, 1.165) is 24.3 Å². The van der Waals surface area contributed by atoms with Crippen LogP contribution in [-0.2, 0) is 42.7 Å². The topological polar surface area (TPSA) is 237 Å². The lowest BCUT2D eigenvalue weighted by atomic mass is 9.97. The lowest BCUT2D eigenvalue weighted by Crippen LogP contribution is -2.30. The molecule has 2 rings (SSSR count). The zero-order chi connectivity index (χ0) is 42.9. The molecule has 3 N–H and O–H groups in total. The third-order valence-corrected chi connectivity index (χ3v) is 7.57. The first kappa shape index (κ1) is 48.7. The molecule has 17 heteroatoms. The third-order valence-electron chi connectivity index (χ3n) is 7.57. The molecule has 0 aliphatic heterocycles. The Bertz CT molecular complexity index is 1660. The summed E-state index contributed by atoms with van der Waals surface area (Å²) < 4.78 is 41.7. The predicted octanol–water partition coefficient (Wildman–Crippen LogP) is 2.96. The van der Waals surface area contributed by atoms with Crippen molar-refractivity contribution in [1.29, 1.82) is 0 Å². The van der Waals surface area contributed by atoms with Gasteiger partial charge in [0.2, 0.25) is 0 Å². The van der Waals surface area contributed by atoms with Crippen LogP contribution in [0, 0.1) is 0 Å². The van der Waals surface area contributed by atoms with Gasteiger partial charge in [-0.25, -0.2) is 24.0 Å². The van der Waals surface area contributed by atoms with Crippen molar-refractivity contribution in [2.75, 3.05) is 66.1 Å². The predicted molar refractivity (Wildman–Crippen MR) is 204 cm³/mol. The van der Waals surface area contributed by atoms with Crippen molar-refractivity contribution in [1.82, 2.24) is 0 Å². The Labute approximate surface area is 336 Å². The number of Topliss-reactive ketones (excluding diaryl/α,β-unsaturated/α-hetero) is 1. The highest BCUT2D eigenvalue weighted by molar-refractivity contribution is 6.05. The van der Waals surface area contributed by atoms with Gasteiger partial charge in [-0.15, -0.1) is 0 Å². The molecule has 0 saturated carbocycles. The number of carbonyl (C=O) groups excluding carboxylic acids is 6. The first-order valence-electron chi connectivity index (χ1n) is 18.4. The van der Waals surface area contributed by atoms with Crippen molar-refractivity contribution in [2.45, 2.75) is 57.3 Å². The Morgan fingerprint density at radius 3 is 1.59 bits per heavy atom. The number of aliphatic hydroxyl groups is 3. The standard InChI is InChI=1S/C41H52O17/c1-5-35(44)54-19-9-7-17-51-24-30(42)26-57-38(47)29-13-16-33(39(48)56-22-21-53-32-14-11-28(12-15-32)37(46)41(3,4)50)34(23-29)40(49)58-27-31(43)25-52-18-8-10-20-55-36(45)6-2/h5-6,11-16,23,30-31,42-43,50H,1-2,7-10,17-22,24-27H2,3-4H3. The number of unbranched alkanes of at least 4 members (excludes halogenated alkanes) is 2. The quantitative estimate of drug-likeness (QED) is 0.0352. The minimum atomic E-state index is -1.55. The van der Waals surface area contributed by atoms with E-state index in [9.17, 15) is 44.1 Å². The average molecular weight is 817 g/mol. The van der Waals surface area contributed by atoms with Crippen LogP contribution in [0.3, 0.4) is 0 Å². The summed E-state index contributed by atoms with van der Waals surface area (Å²) in [5, 5.41) is 30.5. The number of aliphatic hydroxyl groups excluding tert-OH is 2. The third kappa shape index (κ3) is 19.1. The lowest BCUT2D eigenvalue weighted by Gasteiger charge is -2.16. The molecule has 2 atom stereocenters. The number of esters is 5. The minimum Gasteiger partial charge on any atom is -0.490 e. The van der Waals surface area contributed by atoms with E-state index in [0.29, 0.717) is 31.4 Å². The summed E-state index contributed by atoms with van der Waals surface area (Å²) in [6.45, 7) is 8.49. The van der Waals surface area contributed by atoms with Gasteiger partial charge < -0.3 is 53.2 Å². The van der Waals surface area contributed by atoms with Gasteiger partial charge in [-0.3, -0.25) is 4.79 Å². The van der Waals surface area contributed by atoms with E-state index < -0.39 is 66.7 Å². The molecule has 0 saturated heterocycles. The van der Waals surface area contributed by atoms with Crippen molar-refractivity contribution >= 4 is 35.6 Å². The smallest absolute Gasteiger partial charge is 0.339 e. The maximum Gasteiger partial charge on any atom is 0.339 e. The zero-order valence-electron chi connectivity index (χ0n) is 32.7. The molecule has 0 aromatic heterocycles. The Hall–Kier alpha value is -5.46. The van der Waals surface area contributed by atoms with Crippen molar-refractivity contribution in [3.8, 4) is 5.75 Å². The second-order valence-electron chi connectivity index (χ2n) is 13.0. The number of rotatable bonds is 29. The summed E-state index contributed by atoms with van der Waals surface area (Å²) in [4.78, 5) is 73.6. The molecule has 0 aliphatic carbocycles. The van der Waals surface area contributed by atoms with Crippen LogP contribution >= 0.6 is 0 Å². The lowest BCUT2D eigenvalue weighted by molar-refractivity contribution is -0.138. The first-order valence-corrected chi connectivity index (χ1v) is 18.4. The van der Waals surface area contributed by atoms with Gasteiger partial charge in [-0.05, 0) is 82.0 Å². The van der Waals surface area contributed by atoms with Crippen LogP contribution in [0.2, 0.25) is 0 Å². The molecule has 0 heterocycles. The second-order valence-corrected chi connectivity index (χ2v) is 13.0. The average Bonchev–Trinajstić information content (AvgIpc) is 3.21. The van der Waals surface area contributed by atoms with E-state index in [1.165, 1.54) is 44.2 Å². The van der Waals surface area contributed by atoms with Gasteiger partial charge in [-0.2, -0.15) is 0 Å². The van der Waals surface area contributed by atoms with Crippen LogP contribution in [0.5, 0.6) is 5.75 Å². The monoisotopic (exact) mass is 816 g/mol. The highest BCUT2D eigenvalue weighted by atomic mass is 16.6. The maximum atomic E-state index is 13.2. The summed E-state index contributed by atoms with van der Waals surface area (Å²) in [6.07, 6.45) is 1.79. The molecule has 58 heavy (non-hydrogen) atoms. The summed E-state index contributed by atoms with van der Waals surface area (Å²) in [5.41, 5.74) is -2.09. The molecule has 0 fully saturated rings. The highest BCUT2D eigenvalue weighted by Gasteiger charge is 2.26. The number of hydrogen-bond donors (Lipinski definition) is 3. The largest absolute Gasteiger partial charge is 0.490 e. The molecule has 0 aliphatic rings. The zero-order valence-corrected chi connectivity index (χ0v) is 32.7. The van der Waals surface area contributed by atoms with Gasteiger partial charge >= 0.3 is 29.8 Å². The van der Waals surface area contributed by atoms with Crippen molar-refractivity contribution in [3.63, 3.8) is 0 Å². The molecular formula is C41H52O17. The van der Waals surface area contributed by atoms with Gasteiger partial charge in [0.25, 0.3) is 0 Å². The van der Waals surface area contributed by atoms with Crippen molar-refractivity contribution in [2.24, 2.45) is 0 Å². The van der Waals surface area contributed by atoms with Gasteiger partial charge in [0.15, 0.2) is 5.78 Å². The maximum absolute atomic E-state index is 13.2. The number of ether oxygens (including phenoxy) is 8. The molecular weight excluding hydrogens is 764 g/mol. The number of benzene rings is 2. The molecule has 0 amide bonds.